The molecule has 1 aliphatic rings. The highest BCUT2D eigenvalue weighted by Gasteiger charge is 2.26. The van der Waals surface area contributed by atoms with Crippen LogP contribution in [0.25, 0.3) is 0 Å². The Labute approximate surface area is 140 Å². The molecule has 0 bridgehead atoms. The third-order valence-electron chi connectivity index (χ3n) is 4.13. The van der Waals surface area contributed by atoms with Crippen LogP contribution in [0.2, 0.25) is 0 Å². The van der Waals surface area contributed by atoms with E-state index in [1.165, 1.54) is 12.1 Å². The van der Waals surface area contributed by atoms with Crippen LogP contribution in [-0.2, 0) is 6.54 Å². The summed E-state index contributed by atoms with van der Waals surface area (Å²) in [5.74, 6) is 0.612. The molecule has 1 fully saturated rings. The summed E-state index contributed by atoms with van der Waals surface area (Å²) in [6.07, 6.45) is 3.27. The Kier molecular flexibility index (Phi) is 4.92. The third kappa shape index (κ3) is 4.40. The van der Waals surface area contributed by atoms with Gasteiger partial charge >= 0.3 is 0 Å². The van der Waals surface area contributed by atoms with E-state index in [1.807, 2.05) is 6.07 Å². The second kappa shape index (κ2) is 7.11. The minimum atomic E-state index is -0.577. The molecule has 1 aromatic heterocycles. The zero-order chi connectivity index (χ0) is 17.1. The average molecular weight is 332 g/mol. The van der Waals surface area contributed by atoms with Gasteiger partial charge in [0.2, 0.25) is 5.95 Å². The average Bonchev–Trinajstić information content (AvgIpc) is 3.36. The number of nitrogens with zero attached hydrogens (tertiary/aromatic N) is 2. The fourth-order valence-corrected chi connectivity index (χ4v) is 2.44. The van der Waals surface area contributed by atoms with Crippen LogP contribution in [0.1, 0.15) is 50.3 Å². The second-order valence-corrected chi connectivity index (χ2v) is 6.36. The van der Waals surface area contributed by atoms with E-state index in [1.54, 1.807) is 0 Å². The van der Waals surface area contributed by atoms with Crippen molar-refractivity contribution in [2.45, 2.75) is 51.6 Å². The van der Waals surface area contributed by atoms with Crippen molar-refractivity contribution in [2.24, 2.45) is 0 Å². The smallest absolute Gasteiger partial charge is 0.225 e. The molecule has 0 spiro atoms. The first-order valence-corrected chi connectivity index (χ1v) is 8.38. The number of benzene rings is 1. The van der Waals surface area contributed by atoms with E-state index in [2.05, 4.69) is 34.4 Å². The minimum Gasteiger partial charge on any atom is -0.366 e. The van der Waals surface area contributed by atoms with E-state index in [-0.39, 0.29) is 6.04 Å². The quantitative estimate of drug-likeness (QED) is 0.786. The first-order valence-electron chi connectivity index (χ1n) is 8.38. The van der Waals surface area contributed by atoms with Gasteiger partial charge in [0.15, 0.2) is 0 Å². The van der Waals surface area contributed by atoms with Crippen LogP contribution >= 0.6 is 0 Å². The monoisotopic (exact) mass is 332 g/mol. The van der Waals surface area contributed by atoms with Gasteiger partial charge in [0, 0.05) is 30.6 Å². The van der Waals surface area contributed by atoms with E-state index in [0.29, 0.717) is 29.8 Å². The predicted molar refractivity (Wildman–Crippen MR) is 91.1 cm³/mol. The van der Waals surface area contributed by atoms with Crippen molar-refractivity contribution in [1.82, 2.24) is 9.97 Å². The highest BCUT2D eigenvalue weighted by Crippen LogP contribution is 2.40. The molecule has 0 unspecified atom stereocenters. The lowest BCUT2D eigenvalue weighted by atomic mass is 10.2. The van der Waals surface area contributed by atoms with Gasteiger partial charge in [-0.25, -0.2) is 13.8 Å². The molecule has 1 aromatic carbocycles. The summed E-state index contributed by atoms with van der Waals surface area (Å²) in [6.45, 7) is 4.48. The molecule has 0 amide bonds. The summed E-state index contributed by atoms with van der Waals surface area (Å²) in [5, 5.41) is 6.43. The lowest BCUT2D eigenvalue weighted by Gasteiger charge is -2.14. The van der Waals surface area contributed by atoms with Crippen molar-refractivity contribution in [1.29, 1.82) is 0 Å². The van der Waals surface area contributed by atoms with Gasteiger partial charge in [-0.15, -0.1) is 0 Å². The molecule has 6 heteroatoms. The van der Waals surface area contributed by atoms with Crippen LogP contribution < -0.4 is 10.6 Å². The standard InChI is InChI=1S/C18H22F2N4/c1-3-11(2)22-18-23-16(13-4-5-13)9-17(24-18)21-10-12-6-14(19)8-15(20)7-12/h6-9,11,13H,3-5,10H2,1-2H3,(H2,21,22,23,24)/t11-/m0/s1. The van der Waals surface area contributed by atoms with Gasteiger partial charge in [0.25, 0.3) is 0 Å². The molecule has 3 rings (SSSR count). The zero-order valence-corrected chi connectivity index (χ0v) is 13.9. The predicted octanol–water partition coefficient (Wildman–Crippen LogP) is 4.45. The molecule has 1 heterocycles. The number of nitrogens with one attached hydrogen (secondary N) is 2. The number of hydrogen-bond acceptors (Lipinski definition) is 4. The first-order chi connectivity index (χ1) is 11.5. The molecule has 24 heavy (non-hydrogen) atoms. The van der Waals surface area contributed by atoms with Crippen molar-refractivity contribution in [2.75, 3.05) is 10.6 Å². The van der Waals surface area contributed by atoms with Gasteiger partial charge in [-0.1, -0.05) is 6.92 Å². The molecule has 0 saturated heterocycles. The summed E-state index contributed by atoms with van der Waals surface area (Å²) in [5.41, 5.74) is 1.55. The van der Waals surface area contributed by atoms with Crippen molar-refractivity contribution in [3.8, 4) is 0 Å². The van der Waals surface area contributed by atoms with Crippen LogP contribution in [0.4, 0.5) is 20.5 Å². The SMILES string of the molecule is CC[C@H](C)Nc1nc(NCc2cc(F)cc(F)c2)cc(C2CC2)n1. The Bertz CT molecular complexity index is 696. The van der Waals surface area contributed by atoms with Crippen molar-refractivity contribution >= 4 is 11.8 Å². The molecule has 1 saturated carbocycles. The molecule has 1 atom stereocenters. The van der Waals surface area contributed by atoms with E-state index >= 15 is 0 Å². The Morgan fingerprint density at radius 1 is 1.12 bits per heavy atom. The maximum Gasteiger partial charge on any atom is 0.225 e. The van der Waals surface area contributed by atoms with Gasteiger partial charge in [0.05, 0.1) is 5.69 Å². The fourth-order valence-electron chi connectivity index (χ4n) is 2.44. The molecule has 1 aliphatic carbocycles. The summed E-state index contributed by atoms with van der Waals surface area (Å²) < 4.78 is 26.6. The molecule has 128 valence electrons. The molecule has 0 aliphatic heterocycles. The number of aromatic nitrogens is 2. The Balaban J connectivity index is 1.76. The maximum atomic E-state index is 13.3. The number of anilines is 2. The molecule has 4 nitrogen and oxygen atoms in total. The van der Waals surface area contributed by atoms with Gasteiger partial charge in [-0.3, -0.25) is 0 Å². The number of hydrogen-bond donors (Lipinski definition) is 2. The summed E-state index contributed by atoms with van der Waals surface area (Å²) in [7, 11) is 0. The van der Waals surface area contributed by atoms with Gasteiger partial charge in [0.1, 0.15) is 17.5 Å². The van der Waals surface area contributed by atoms with E-state index in [0.717, 1.165) is 31.0 Å². The normalized spacial score (nSPS) is 15.2. The van der Waals surface area contributed by atoms with Crippen LogP contribution in [0.15, 0.2) is 24.3 Å². The topological polar surface area (TPSA) is 49.8 Å². The zero-order valence-electron chi connectivity index (χ0n) is 13.9. The molecular weight excluding hydrogens is 310 g/mol. The number of rotatable bonds is 7. The summed E-state index contributed by atoms with van der Waals surface area (Å²) in [6, 6.07) is 5.71. The second-order valence-electron chi connectivity index (χ2n) is 6.36. The highest BCUT2D eigenvalue weighted by atomic mass is 19.1. The van der Waals surface area contributed by atoms with E-state index in [4.69, 9.17) is 0 Å². The lowest BCUT2D eigenvalue weighted by Crippen LogP contribution is -2.17. The van der Waals surface area contributed by atoms with Crippen molar-refractivity contribution < 1.29 is 8.78 Å². The van der Waals surface area contributed by atoms with Crippen LogP contribution in [-0.4, -0.2) is 16.0 Å². The Hall–Kier alpha value is -2.24. The molecule has 2 aromatic rings. The largest absolute Gasteiger partial charge is 0.366 e. The Morgan fingerprint density at radius 3 is 2.46 bits per heavy atom. The van der Waals surface area contributed by atoms with Gasteiger partial charge < -0.3 is 10.6 Å². The molecular formula is C18H22F2N4. The summed E-state index contributed by atoms with van der Waals surface area (Å²) >= 11 is 0. The van der Waals surface area contributed by atoms with Crippen LogP contribution in [0.5, 0.6) is 0 Å². The van der Waals surface area contributed by atoms with Crippen molar-refractivity contribution in [3.05, 3.63) is 47.2 Å². The van der Waals surface area contributed by atoms with Gasteiger partial charge in [-0.05, 0) is 43.9 Å². The number of halogens is 2. The maximum absolute atomic E-state index is 13.3. The Morgan fingerprint density at radius 2 is 1.83 bits per heavy atom. The molecule has 0 radical (unpaired) electrons. The van der Waals surface area contributed by atoms with E-state index in [9.17, 15) is 8.78 Å². The van der Waals surface area contributed by atoms with E-state index < -0.39 is 11.6 Å². The van der Waals surface area contributed by atoms with Crippen molar-refractivity contribution in [3.63, 3.8) is 0 Å². The summed E-state index contributed by atoms with van der Waals surface area (Å²) in [4.78, 5) is 9.05. The lowest BCUT2D eigenvalue weighted by molar-refractivity contribution is 0.580. The minimum absolute atomic E-state index is 0.282. The molecule has 2 N–H and O–H groups in total. The van der Waals surface area contributed by atoms with Gasteiger partial charge in [-0.2, -0.15) is 4.98 Å². The fraction of sp³-hybridized carbons (Fsp3) is 0.444. The van der Waals surface area contributed by atoms with Crippen LogP contribution in [0, 0.1) is 11.6 Å². The first kappa shape index (κ1) is 16.6. The van der Waals surface area contributed by atoms with Crippen LogP contribution in [0.3, 0.4) is 0 Å². The third-order valence-corrected chi connectivity index (χ3v) is 4.13. The highest BCUT2D eigenvalue weighted by molar-refractivity contribution is 5.45.